The molecule has 1 amide bonds. The summed E-state index contributed by atoms with van der Waals surface area (Å²) < 4.78 is 0. The van der Waals surface area contributed by atoms with Crippen LogP contribution in [0.2, 0.25) is 0 Å². The average molecular weight is 532 g/mol. The minimum atomic E-state index is 0. The van der Waals surface area contributed by atoms with E-state index in [4.69, 9.17) is 0 Å². The molecule has 1 fully saturated rings. The van der Waals surface area contributed by atoms with Gasteiger partial charge in [0.25, 0.3) is 0 Å². The Morgan fingerprint density at radius 3 is 2.68 bits per heavy atom. The summed E-state index contributed by atoms with van der Waals surface area (Å²) in [5.74, 6) is 1.39. The summed E-state index contributed by atoms with van der Waals surface area (Å²) in [4.78, 5) is 18.7. The minimum absolute atomic E-state index is 0. The maximum atomic E-state index is 12.4. The maximum Gasteiger partial charge on any atom is 0.223 e. The summed E-state index contributed by atoms with van der Waals surface area (Å²) in [5.41, 5.74) is 5.58. The Morgan fingerprint density at radius 1 is 1.06 bits per heavy atom. The molecule has 166 valence electrons. The second-order valence-corrected chi connectivity index (χ2v) is 8.41. The van der Waals surface area contributed by atoms with Gasteiger partial charge in [-0.3, -0.25) is 9.79 Å². The van der Waals surface area contributed by atoms with E-state index >= 15 is 0 Å². The molecule has 0 bridgehead atoms. The smallest absolute Gasteiger partial charge is 0.223 e. The van der Waals surface area contributed by atoms with Crippen molar-refractivity contribution in [1.29, 1.82) is 0 Å². The lowest BCUT2D eigenvalue weighted by atomic mass is 10.1. The van der Waals surface area contributed by atoms with Crippen molar-refractivity contribution in [2.75, 3.05) is 26.7 Å². The van der Waals surface area contributed by atoms with E-state index in [9.17, 15) is 4.79 Å². The number of likely N-dealkylation sites (tertiary alicyclic amines) is 1. The molecule has 0 aromatic heterocycles. The molecular formula is C25H33IN4O. The van der Waals surface area contributed by atoms with E-state index in [0.29, 0.717) is 12.3 Å². The summed E-state index contributed by atoms with van der Waals surface area (Å²) in [5, 5.41) is 6.82. The van der Waals surface area contributed by atoms with E-state index in [2.05, 4.69) is 58.1 Å². The van der Waals surface area contributed by atoms with E-state index < -0.39 is 0 Å². The largest absolute Gasteiger partial charge is 0.356 e. The highest BCUT2D eigenvalue weighted by molar-refractivity contribution is 14.0. The van der Waals surface area contributed by atoms with Gasteiger partial charge in [-0.15, -0.1) is 24.0 Å². The minimum Gasteiger partial charge on any atom is -0.356 e. The van der Waals surface area contributed by atoms with Gasteiger partial charge in [0, 0.05) is 45.6 Å². The molecule has 31 heavy (non-hydrogen) atoms. The van der Waals surface area contributed by atoms with E-state index in [1.165, 1.54) is 41.5 Å². The molecule has 2 aliphatic rings. The van der Waals surface area contributed by atoms with Gasteiger partial charge < -0.3 is 15.5 Å². The first-order chi connectivity index (χ1) is 14.7. The van der Waals surface area contributed by atoms with Crippen LogP contribution in [0, 0.1) is 5.92 Å². The number of nitrogens with one attached hydrogen (secondary N) is 2. The Morgan fingerprint density at radius 2 is 1.87 bits per heavy atom. The van der Waals surface area contributed by atoms with Crippen LogP contribution >= 0.6 is 24.0 Å². The highest BCUT2D eigenvalue weighted by atomic mass is 127. The topological polar surface area (TPSA) is 56.7 Å². The monoisotopic (exact) mass is 532 g/mol. The Labute approximate surface area is 202 Å². The highest BCUT2D eigenvalue weighted by Crippen LogP contribution is 2.22. The second-order valence-electron chi connectivity index (χ2n) is 8.41. The van der Waals surface area contributed by atoms with Gasteiger partial charge in [0.2, 0.25) is 5.91 Å². The van der Waals surface area contributed by atoms with Crippen LogP contribution in [0.5, 0.6) is 0 Å². The zero-order valence-corrected chi connectivity index (χ0v) is 20.6. The van der Waals surface area contributed by atoms with Gasteiger partial charge in [-0.2, -0.15) is 0 Å². The number of aryl methyl sites for hydroxylation is 2. The zero-order chi connectivity index (χ0) is 20.8. The molecule has 1 saturated heterocycles. The lowest BCUT2D eigenvalue weighted by Crippen LogP contribution is -2.40. The molecular weight excluding hydrogens is 499 g/mol. The molecule has 1 heterocycles. The standard InChI is InChI=1S/C25H32N4O.HI/c1-26-25(27-16-20-10-11-22-8-5-9-23(22)14-20)28-17-21-15-24(30)29(18-21)13-12-19-6-3-2-4-7-19;/h2-4,6-7,10-11,14,21H,5,8-9,12-13,15-18H2,1H3,(H2,26,27,28);1H. The zero-order valence-electron chi connectivity index (χ0n) is 18.3. The van der Waals surface area contributed by atoms with Gasteiger partial charge in [0.1, 0.15) is 0 Å². The third-order valence-corrected chi connectivity index (χ3v) is 6.21. The number of rotatable bonds is 7. The molecule has 1 atom stereocenters. The molecule has 2 N–H and O–H groups in total. The van der Waals surface area contributed by atoms with Crippen molar-refractivity contribution in [1.82, 2.24) is 15.5 Å². The fourth-order valence-electron chi connectivity index (χ4n) is 4.50. The van der Waals surface area contributed by atoms with Crippen LogP contribution in [0.25, 0.3) is 0 Å². The molecule has 1 unspecified atom stereocenters. The van der Waals surface area contributed by atoms with Gasteiger partial charge >= 0.3 is 0 Å². The van der Waals surface area contributed by atoms with E-state index in [1.54, 1.807) is 7.05 Å². The van der Waals surface area contributed by atoms with Crippen LogP contribution in [-0.4, -0.2) is 43.4 Å². The molecule has 1 aliphatic carbocycles. The van der Waals surface area contributed by atoms with Crippen LogP contribution in [0.1, 0.15) is 35.1 Å². The van der Waals surface area contributed by atoms with Crippen molar-refractivity contribution in [2.24, 2.45) is 10.9 Å². The van der Waals surface area contributed by atoms with Gasteiger partial charge in [-0.1, -0.05) is 48.5 Å². The maximum absolute atomic E-state index is 12.4. The molecule has 4 rings (SSSR count). The van der Waals surface area contributed by atoms with Gasteiger partial charge in [0.15, 0.2) is 5.96 Å². The molecule has 2 aromatic carbocycles. The number of hydrogen-bond donors (Lipinski definition) is 2. The lowest BCUT2D eigenvalue weighted by molar-refractivity contribution is -0.127. The summed E-state index contributed by atoms with van der Waals surface area (Å²) in [6.45, 7) is 3.14. The van der Waals surface area contributed by atoms with Crippen LogP contribution in [0.4, 0.5) is 0 Å². The van der Waals surface area contributed by atoms with Gasteiger partial charge in [-0.25, -0.2) is 0 Å². The number of nitrogens with zero attached hydrogens (tertiary/aromatic N) is 2. The number of aliphatic imine (C=N–C) groups is 1. The fraction of sp³-hybridized carbons (Fsp3) is 0.440. The highest BCUT2D eigenvalue weighted by Gasteiger charge is 2.29. The van der Waals surface area contributed by atoms with E-state index in [-0.39, 0.29) is 29.9 Å². The van der Waals surface area contributed by atoms with Gasteiger partial charge in [0.05, 0.1) is 0 Å². The molecule has 5 nitrogen and oxygen atoms in total. The third kappa shape index (κ3) is 6.45. The number of amides is 1. The summed E-state index contributed by atoms with van der Waals surface area (Å²) >= 11 is 0. The Hall–Kier alpha value is -2.09. The number of carbonyl (C=O) groups is 1. The van der Waals surface area contributed by atoms with Crippen molar-refractivity contribution in [3.63, 3.8) is 0 Å². The first-order valence-electron chi connectivity index (χ1n) is 11.1. The molecule has 0 radical (unpaired) electrons. The number of halogens is 1. The van der Waals surface area contributed by atoms with Gasteiger partial charge in [-0.05, 0) is 47.9 Å². The number of fused-ring (bicyclic) bond motifs is 1. The molecule has 0 spiro atoms. The molecule has 2 aromatic rings. The first-order valence-corrected chi connectivity index (χ1v) is 11.1. The third-order valence-electron chi connectivity index (χ3n) is 6.21. The Kier molecular flexibility index (Phi) is 8.75. The number of guanidine groups is 1. The molecule has 0 saturated carbocycles. The summed E-state index contributed by atoms with van der Waals surface area (Å²) in [6, 6.07) is 17.2. The second kappa shape index (κ2) is 11.5. The predicted octanol–water partition coefficient (Wildman–Crippen LogP) is 3.55. The fourth-order valence-corrected chi connectivity index (χ4v) is 4.50. The number of carbonyl (C=O) groups excluding carboxylic acids is 1. The normalized spacial score (nSPS) is 18.0. The van der Waals surface area contributed by atoms with E-state index in [0.717, 1.165) is 38.6 Å². The summed E-state index contributed by atoms with van der Waals surface area (Å²) in [6.07, 6.45) is 5.22. The Balaban J connectivity index is 0.00000272. The predicted molar refractivity (Wildman–Crippen MR) is 137 cm³/mol. The van der Waals surface area contributed by atoms with Crippen LogP contribution < -0.4 is 10.6 Å². The van der Waals surface area contributed by atoms with Crippen molar-refractivity contribution in [3.8, 4) is 0 Å². The van der Waals surface area contributed by atoms with Crippen LogP contribution in [0.3, 0.4) is 0 Å². The lowest BCUT2D eigenvalue weighted by Gasteiger charge is -2.18. The van der Waals surface area contributed by atoms with Crippen molar-refractivity contribution in [3.05, 3.63) is 70.8 Å². The van der Waals surface area contributed by atoms with Crippen molar-refractivity contribution < 1.29 is 4.79 Å². The number of benzene rings is 2. The first kappa shape index (κ1) is 23.6. The summed E-state index contributed by atoms with van der Waals surface area (Å²) in [7, 11) is 1.80. The van der Waals surface area contributed by atoms with Crippen molar-refractivity contribution in [2.45, 2.75) is 38.6 Å². The number of hydrogen-bond acceptors (Lipinski definition) is 2. The van der Waals surface area contributed by atoms with Crippen LogP contribution in [0.15, 0.2) is 53.5 Å². The molecule has 6 heteroatoms. The van der Waals surface area contributed by atoms with E-state index in [1.807, 2.05) is 11.0 Å². The SMILES string of the molecule is CN=C(NCc1ccc2c(c1)CCC2)NCC1CC(=O)N(CCc2ccccc2)C1.I. The quantitative estimate of drug-likeness (QED) is 0.326. The van der Waals surface area contributed by atoms with Crippen LogP contribution in [-0.2, 0) is 30.6 Å². The molecule has 1 aliphatic heterocycles. The average Bonchev–Trinajstić information content (AvgIpc) is 3.38. The Bertz CT molecular complexity index is 900. The van der Waals surface area contributed by atoms with Crippen molar-refractivity contribution >= 4 is 35.8 Å².